The van der Waals surface area contributed by atoms with Gasteiger partial charge in [0.2, 0.25) is 5.89 Å². The molecule has 0 bridgehead atoms. The molecule has 8 nitrogen and oxygen atoms in total. The number of aliphatic hydroxyl groups is 1. The molecule has 1 aliphatic rings. The second kappa shape index (κ2) is 8.07. The maximum absolute atomic E-state index is 10.9. The molecule has 2 N–H and O–H groups in total. The molecule has 2 heterocycles. The fourth-order valence-electron chi connectivity index (χ4n) is 3.53. The molecule has 0 saturated carbocycles. The highest BCUT2D eigenvalue weighted by atomic mass is 16.8. The van der Waals surface area contributed by atoms with E-state index in [1.807, 2.05) is 30.3 Å². The highest BCUT2D eigenvalue weighted by Crippen LogP contribution is 2.33. The molecule has 28 heavy (non-hydrogen) atoms. The van der Waals surface area contributed by atoms with Crippen LogP contribution in [0, 0.1) is 5.21 Å². The lowest BCUT2D eigenvalue weighted by Gasteiger charge is -2.23. The van der Waals surface area contributed by atoms with Crippen LogP contribution in [-0.4, -0.2) is 38.0 Å². The number of likely N-dealkylation sites (tertiary alicyclic amines) is 1. The van der Waals surface area contributed by atoms with Gasteiger partial charge in [0.1, 0.15) is 0 Å². The molecule has 1 aliphatic heterocycles. The van der Waals surface area contributed by atoms with E-state index in [0.717, 1.165) is 11.1 Å². The summed E-state index contributed by atoms with van der Waals surface area (Å²) in [4.78, 5) is 6.62. The van der Waals surface area contributed by atoms with E-state index >= 15 is 0 Å². The monoisotopic (exact) mass is 381 g/mol. The minimum atomic E-state index is -0.469. The van der Waals surface area contributed by atoms with Crippen LogP contribution < -0.4 is 5.23 Å². The Morgan fingerprint density at radius 2 is 1.86 bits per heavy atom. The summed E-state index contributed by atoms with van der Waals surface area (Å²) in [7, 11) is 0. The summed E-state index contributed by atoms with van der Waals surface area (Å²) >= 11 is 0. The van der Waals surface area contributed by atoms with E-state index in [4.69, 9.17) is 9.73 Å². The summed E-state index contributed by atoms with van der Waals surface area (Å²) in [5.74, 6) is 1.12. The standard InChI is InChI=1S/C20H21N4O4/c25-17-11-18(20-21-19(22-28-20)10-14-4-2-1-3-5-14)23(13-17)12-15-6-8-16(9-7-15)24(26)27/h1-9,17-18,25-26H,10-13H2/q-1/t17-,18-/m1/s1. The minimum Gasteiger partial charge on any atom is -0.733 e. The molecule has 1 aromatic heterocycles. The van der Waals surface area contributed by atoms with Crippen LogP contribution in [0.25, 0.3) is 0 Å². The van der Waals surface area contributed by atoms with Gasteiger partial charge < -0.3 is 20.1 Å². The second-order valence-corrected chi connectivity index (χ2v) is 6.99. The Morgan fingerprint density at radius 3 is 2.57 bits per heavy atom. The Bertz CT molecular complexity index is 898. The van der Waals surface area contributed by atoms with Crippen LogP contribution in [0.4, 0.5) is 5.69 Å². The zero-order valence-electron chi connectivity index (χ0n) is 15.2. The lowest BCUT2D eigenvalue weighted by Crippen LogP contribution is -2.24. The predicted octanol–water partition coefficient (Wildman–Crippen LogP) is 2.66. The first-order chi connectivity index (χ1) is 13.6. The first-order valence-electron chi connectivity index (χ1n) is 9.12. The number of hydrogen-bond donors (Lipinski definition) is 2. The number of hydrogen-bond acceptors (Lipinski definition) is 8. The average molecular weight is 381 g/mol. The SMILES string of the molecule is [O-]N(O)c1ccc(CN2C[C@H](O)C[C@@H]2c2nc(Cc3ccccc3)no2)cc1. The van der Waals surface area contributed by atoms with Crippen LogP contribution in [0.2, 0.25) is 0 Å². The van der Waals surface area contributed by atoms with Gasteiger partial charge in [-0.15, -0.1) is 0 Å². The fourth-order valence-corrected chi connectivity index (χ4v) is 3.53. The summed E-state index contributed by atoms with van der Waals surface area (Å²) in [6, 6.07) is 16.4. The van der Waals surface area contributed by atoms with E-state index in [1.54, 1.807) is 24.3 Å². The van der Waals surface area contributed by atoms with Crippen LogP contribution >= 0.6 is 0 Å². The molecule has 1 fully saturated rings. The molecule has 0 spiro atoms. The molecular weight excluding hydrogens is 360 g/mol. The van der Waals surface area contributed by atoms with E-state index < -0.39 is 6.10 Å². The molecule has 4 rings (SSSR count). The van der Waals surface area contributed by atoms with Crippen molar-refractivity contribution in [1.82, 2.24) is 15.0 Å². The molecular formula is C20H21N4O4-. The molecule has 146 valence electrons. The van der Waals surface area contributed by atoms with Gasteiger partial charge in [0, 0.05) is 19.5 Å². The molecule has 0 amide bonds. The number of nitrogens with zero attached hydrogens (tertiary/aromatic N) is 4. The third-order valence-corrected chi connectivity index (χ3v) is 4.90. The van der Waals surface area contributed by atoms with Crippen LogP contribution in [0.3, 0.4) is 0 Å². The maximum atomic E-state index is 10.9. The van der Waals surface area contributed by atoms with Crippen molar-refractivity contribution in [2.24, 2.45) is 0 Å². The van der Waals surface area contributed by atoms with Crippen LogP contribution in [0.1, 0.15) is 35.3 Å². The quantitative estimate of drug-likeness (QED) is 0.627. The van der Waals surface area contributed by atoms with E-state index in [2.05, 4.69) is 15.0 Å². The third-order valence-electron chi connectivity index (χ3n) is 4.90. The lowest BCUT2D eigenvalue weighted by molar-refractivity contribution is 0.169. The van der Waals surface area contributed by atoms with Gasteiger partial charge in [-0.05, 0) is 29.7 Å². The molecule has 0 unspecified atom stereocenters. The summed E-state index contributed by atoms with van der Waals surface area (Å²) in [5, 5.41) is 33.9. The largest absolute Gasteiger partial charge is 0.733 e. The topological polar surface area (TPSA) is 109 Å². The number of rotatable bonds is 6. The van der Waals surface area contributed by atoms with Crippen molar-refractivity contribution in [3.8, 4) is 0 Å². The minimum absolute atomic E-state index is 0.166. The zero-order chi connectivity index (χ0) is 19.5. The van der Waals surface area contributed by atoms with E-state index in [9.17, 15) is 10.3 Å². The third kappa shape index (κ3) is 4.20. The first-order valence-corrected chi connectivity index (χ1v) is 9.12. The molecule has 2 atom stereocenters. The first kappa shape index (κ1) is 18.6. The highest BCUT2D eigenvalue weighted by Gasteiger charge is 2.35. The average Bonchev–Trinajstić information content (AvgIpc) is 3.29. The number of benzene rings is 2. The Hall–Kier alpha value is -2.78. The van der Waals surface area contributed by atoms with Gasteiger partial charge >= 0.3 is 0 Å². The maximum Gasteiger partial charge on any atom is 0.244 e. The summed E-state index contributed by atoms with van der Waals surface area (Å²) in [5.41, 5.74) is 2.23. The van der Waals surface area contributed by atoms with Crippen molar-refractivity contribution in [2.75, 3.05) is 11.8 Å². The van der Waals surface area contributed by atoms with Gasteiger partial charge in [-0.1, -0.05) is 47.6 Å². The van der Waals surface area contributed by atoms with Gasteiger partial charge in [0.15, 0.2) is 5.82 Å². The van der Waals surface area contributed by atoms with Gasteiger partial charge in [-0.3, -0.25) is 10.1 Å². The van der Waals surface area contributed by atoms with Gasteiger partial charge in [0.05, 0.1) is 17.8 Å². The Labute approximate surface area is 162 Å². The van der Waals surface area contributed by atoms with Crippen molar-refractivity contribution in [2.45, 2.75) is 31.5 Å². The highest BCUT2D eigenvalue weighted by molar-refractivity contribution is 5.45. The lowest BCUT2D eigenvalue weighted by atomic mass is 10.1. The smallest absolute Gasteiger partial charge is 0.244 e. The molecule has 0 radical (unpaired) electrons. The van der Waals surface area contributed by atoms with Crippen LogP contribution in [0.15, 0.2) is 59.1 Å². The summed E-state index contributed by atoms with van der Waals surface area (Å²) in [6.07, 6.45) is 0.646. The molecule has 1 saturated heterocycles. The summed E-state index contributed by atoms with van der Waals surface area (Å²) < 4.78 is 5.49. The summed E-state index contributed by atoms with van der Waals surface area (Å²) in [6.45, 7) is 1.05. The molecule has 0 aliphatic carbocycles. The number of β-amino-alcohol motifs (C(OH)–C–C–N with tert-alkyl or cyclic N) is 1. The number of aliphatic hydroxyl groups excluding tert-OH is 1. The molecule has 8 heteroatoms. The van der Waals surface area contributed by atoms with Crippen molar-refractivity contribution in [3.63, 3.8) is 0 Å². The predicted molar refractivity (Wildman–Crippen MR) is 101 cm³/mol. The van der Waals surface area contributed by atoms with Crippen molar-refractivity contribution in [3.05, 3.63) is 82.6 Å². The van der Waals surface area contributed by atoms with E-state index in [-0.39, 0.29) is 17.0 Å². The number of aromatic nitrogens is 2. The molecule has 2 aromatic carbocycles. The van der Waals surface area contributed by atoms with Crippen LogP contribution in [-0.2, 0) is 13.0 Å². The fraction of sp³-hybridized carbons (Fsp3) is 0.300. The Balaban J connectivity index is 1.47. The van der Waals surface area contributed by atoms with Crippen molar-refractivity contribution >= 4 is 5.69 Å². The molecule has 3 aromatic rings. The van der Waals surface area contributed by atoms with Gasteiger partial charge in [0.25, 0.3) is 0 Å². The van der Waals surface area contributed by atoms with Gasteiger partial charge in [-0.25, -0.2) is 0 Å². The van der Waals surface area contributed by atoms with Crippen LogP contribution in [0.5, 0.6) is 0 Å². The Morgan fingerprint density at radius 1 is 1.11 bits per heavy atom. The number of anilines is 1. The second-order valence-electron chi connectivity index (χ2n) is 6.99. The van der Waals surface area contributed by atoms with E-state index in [1.165, 1.54) is 0 Å². The van der Waals surface area contributed by atoms with E-state index in [0.29, 0.717) is 37.6 Å². The van der Waals surface area contributed by atoms with Crippen molar-refractivity contribution < 1.29 is 14.8 Å². The van der Waals surface area contributed by atoms with Gasteiger partial charge in [-0.2, -0.15) is 4.98 Å². The Kier molecular flexibility index (Phi) is 5.36. The zero-order valence-corrected chi connectivity index (χ0v) is 15.2. The normalized spacial score (nSPS) is 19.8. The van der Waals surface area contributed by atoms with Crippen molar-refractivity contribution in [1.29, 1.82) is 0 Å².